The van der Waals surface area contributed by atoms with Crippen molar-refractivity contribution < 1.29 is 4.74 Å². The molecule has 1 aliphatic carbocycles. The molecule has 0 saturated heterocycles. The van der Waals surface area contributed by atoms with Gasteiger partial charge in [0.2, 0.25) is 0 Å². The summed E-state index contributed by atoms with van der Waals surface area (Å²) in [5.41, 5.74) is 1.34. The average molecular weight is 260 g/mol. The zero-order valence-corrected chi connectivity index (χ0v) is 11.8. The Morgan fingerprint density at radius 1 is 1.32 bits per heavy atom. The van der Waals surface area contributed by atoms with Crippen LogP contribution in [0, 0.1) is 5.92 Å². The second-order valence-electron chi connectivity index (χ2n) is 5.64. The van der Waals surface area contributed by atoms with Crippen LogP contribution in [-0.4, -0.2) is 37.2 Å². The van der Waals surface area contributed by atoms with Crippen molar-refractivity contribution in [1.29, 1.82) is 0 Å². The van der Waals surface area contributed by atoms with Gasteiger partial charge in [0.1, 0.15) is 12.4 Å². The first-order valence-electron chi connectivity index (χ1n) is 7.54. The summed E-state index contributed by atoms with van der Waals surface area (Å²) in [6.07, 6.45) is 2.72. The van der Waals surface area contributed by atoms with Gasteiger partial charge in [-0.25, -0.2) is 0 Å². The van der Waals surface area contributed by atoms with Crippen LogP contribution in [-0.2, 0) is 6.54 Å². The van der Waals surface area contributed by atoms with Gasteiger partial charge >= 0.3 is 0 Å². The van der Waals surface area contributed by atoms with Crippen molar-refractivity contribution in [3.8, 4) is 5.75 Å². The molecule has 2 atom stereocenters. The first kappa shape index (κ1) is 12.9. The molecule has 104 valence electrons. The van der Waals surface area contributed by atoms with E-state index in [0.717, 1.165) is 44.0 Å². The molecule has 19 heavy (non-hydrogen) atoms. The molecule has 1 N–H and O–H groups in total. The fraction of sp³-hybridized carbons (Fsp3) is 0.625. The smallest absolute Gasteiger partial charge is 0.123 e. The van der Waals surface area contributed by atoms with E-state index >= 15 is 0 Å². The molecule has 1 saturated carbocycles. The fourth-order valence-corrected chi connectivity index (χ4v) is 3.23. The lowest BCUT2D eigenvalue weighted by atomic mass is 9.78. The fourth-order valence-electron chi connectivity index (χ4n) is 3.23. The maximum atomic E-state index is 5.86. The number of nitrogens with one attached hydrogen (secondary N) is 1. The molecule has 2 aliphatic rings. The third kappa shape index (κ3) is 2.77. The normalized spacial score (nSPS) is 27.0. The molecule has 1 aromatic carbocycles. The highest BCUT2D eigenvalue weighted by atomic mass is 16.5. The van der Waals surface area contributed by atoms with E-state index in [4.69, 9.17) is 4.74 Å². The lowest BCUT2D eigenvalue weighted by molar-refractivity contribution is 0.0516. The summed E-state index contributed by atoms with van der Waals surface area (Å²) in [4.78, 5) is 2.62. The Bertz CT molecular complexity index is 421. The summed E-state index contributed by atoms with van der Waals surface area (Å²) in [7, 11) is 0. The Morgan fingerprint density at radius 2 is 2.21 bits per heavy atom. The predicted octanol–water partition coefficient (Wildman–Crippen LogP) is 2.27. The van der Waals surface area contributed by atoms with Crippen LogP contribution in [0.5, 0.6) is 5.75 Å². The quantitative estimate of drug-likeness (QED) is 0.899. The van der Waals surface area contributed by atoms with E-state index < -0.39 is 0 Å². The Hall–Kier alpha value is -1.06. The van der Waals surface area contributed by atoms with E-state index in [9.17, 15) is 0 Å². The molecule has 0 amide bonds. The molecule has 0 bridgehead atoms. The topological polar surface area (TPSA) is 24.5 Å². The van der Waals surface area contributed by atoms with Gasteiger partial charge in [0.25, 0.3) is 0 Å². The summed E-state index contributed by atoms with van der Waals surface area (Å²) < 4.78 is 5.86. The molecule has 3 nitrogen and oxygen atoms in total. The average Bonchev–Trinajstić information content (AvgIpc) is 2.60. The van der Waals surface area contributed by atoms with Crippen molar-refractivity contribution in [2.24, 2.45) is 5.92 Å². The van der Waals surface area contributed by atoms with Gasteiger partial charge in [-0.15, -0.1) is 0 Å². The summed E-state index contributed by atoms with van der Waals surface area (Å²) in [5, 5.41) is 3.50. The number of benzene rings is 1. The highest BCUT2D eigenvalue weighted by Crippen LogP contribution is 2.34. The molecule has 1 heterocycles. The van der Waals surface area contributed by atoms with E-state index in [0.29, 0.717) is 0 Å². The molecular weight excluding hydrogens is 236 g/mol. The van der Waals surface area contributed by atoms with E-state index in [1.807, 2.05) is 0 Å². The van der Waals surface area contributed by atoms with Crippen LogP contribution >= 0.6 is 0 Å². The minimum atomic E-state index is 0.744. The predicted molar refractivity (Wildman–Crippen MR) is 77.4 cm³/mol. The van der Waals surface area contributed by atoms with Gasteiger partial charge < -0.3 is 10.1 Å². The van der Waals surface area contributed by atoms with Gasteiger partial charge in [-0.3, -0.25) is 4.90 Å². The van der Waals surface area contributed by atoms with Gasteiger partial charge in [0, 0.05) is 24.7 Å². The highest BCUT2D eigenvalue weighted by molar-refractivity contribution is 5.33. The van der Waals surface area contributed by atoms with Crippen molar-refractivity contribution in [2.75, 3.05) is 26.2 Å². The Balaban J connectivity index is 1.66. The number of nitrogens with zero attached hydrogens (tertiary/aromatic N) is 1. The second kappa shape index (κ2) is 5.93. The van der Waals surface area contributed by atoms with E-state index in [-0.39, 0.29) is 0 Å². The minimum absolute atomic E-state index is 0.744. The van der Waals surface area contributed by atoms with Crippen molar-refractivity contribution in [2.45, 2.75) is 32.4 Å². The van der Waals surface area contributed by atoms with Crippen molar-refractivity contribution >= 4 is 0 Å². The summed E-state index contributed by atoms with van der Waals surface area (Å²) in [6.45, 7) is 7.35. The van der Waals surface area contributed by atoms with Crippen LogP contribution in [0.1, 0.15) is 25.3 Å². The summed E-state index contributed by atoms with van der Waals surface area (Å²) in [6, 6.07) is 9.21. The SMILES string of the molecule is CCNCC1CCC1N1CCOc2ccccc2C1. The lowest BCUT2D eigenvalue weighted by Crippen LogP contribution is -2.50. The molecule has 3 rings (SSSR count). The third-order valence-corrected chi connectivity index (χ3v) is 4.49. The molecule has 3 heteroatoms. The van der Waals surface area contributed by atoms with Gasteiger partial charge in [-0.05, 0) is 37.9 Å². The summed E-state index contributed by atoms with van der Waals surface area (Å²) in [5.74, 6) is 1.90. The number of hydrogen-bond acceptors (Lipinski definition) is 3. The van der Waals surface area contributed by atoms with Gasteiger partial charge in [0.15, 0.2) is 0 Å². The molecule has 1 fully saturated rings. The molecule has 0 spiro atoms. The van der Waals surface area contributed by atoms with Crippen molar-refractivity contribution in [3.05, 3.63) is 29.8 Å². The number of rotatable bonds is 4. The standard InChI is InChI=1S/C16H24N2O/c1-2-17-11-13-7-8-15(13)18-9-10-19-16-6-4-3-5-14(16)12-18/h3-6,13,15,17H,2,7-12H2,1H3. The van der Waals surface area contributed by atoms with Crippen LogP contribution in [0.15, 0.2) is 24.3 Å². The molecule has 0 radical (unpaired) electrons. The summed E-state index contributed by atoms with van der Waals surface area (Å²) >= 11 is 0. The van der Waals surface area contributed by atoms with Crippen LogP contribution in [0.4, 0.5) is 0 Å². The number of ether oxygens (including phenoxy) is 1. The van der Waals surface area contributed by atoms with E-state index in [1.165, 1.54) is 24.9 Å². The van der Waals surface area contributed by atoms with Crippen LogP contribution < -0.4 is 10.1 Å². The molecule has 1 aliphatic heterocycles. The molecular formula is C16H24N2O. The van der Waals surface area contributed by atoms with Gasteiger partial charge in [0.05, 0.1) is 0 Å². The van der Waals surface area contributed by atoms with Crippen LogP contribution in [0.25, 0.3) is 0 Å². The third-order valence-electron chi connectivity index (χ3n) is 4.49. The Kier molecular flexibility index (Phi) is 4.04. The Labute approximate surface area is 115 Å². The molecule has 2 unspecified atom stereocenters. The van der Waals surface area contributed by atoms with Crippen molar-refractivity contribution in [1.82, 2.24) is 10.2 Å². The van der Waals surface area contributed by atoms with E-state index in [2.05, 4.69) is 41.4 Å². The van der Waals surface area contributed by atoms with Gasteiger partial charge in [-0.1, -0.05) is 25.1 Å². The maximum absolute atomic E-state index is 5.86. The largest absolute Gasteiger partial charge is 0.492 e. The lowest BCUT2D eigenvalue weighted by Gasteiger charge is -2.44. The van der Waals surface area contributed by atoms with E-state index in [1.54, 1.807) is 0 Å². The zero-order chi connectivity index (χ0) is 13.1. The minimum Gasteiger partial charge on any atom is -0.492 e. The number of hydrogen-bond donors (Lipinski definition) is 1. The van der Waals surface area contributed by atoms with Crippen LogP contribution in [0.3, 0.4) is 0 Å². The Morgan fingerprint density at radius 3 is 3.00 bits per heavy atom. The van der Waals surface area contributed by atoms with Gasteiger partial charge in [-0.2, -0.15) is 0 Å². The molecule has 0 aromatic heterocycles. The molecule has 1 aromatic rings. The number of para-hydroxylation sites is 1. The highest BCUT2D eigenvalue weighted by Gasteiger charge is 2.35. The maximum Gasteiger partial charge on any atom is 0.123 e. The zero-order valence-electron chi connectivity index (χ0n) is 11.8. The first-order valence-corrected chi connectivity index (χ1v) is 7.54. The second-order valence-corrected chi connectivity index (χ2v) is 5.64. The first-order chi connectivity index (χ1) is 9.38. The van der Waals surface area contributed by atoms with Crippen LogP contribution in [0.2, 0.25) is 0 Å². The monoisotopic (exact) mass is 260 g/mol. The number of fused-ring (bicyclic) bond motifs is 1. The van der Waals surface area contributed by atoms with Crippen molar-refractivity contribution in [3.63, 3.8) is 0 Å².